The van der Waals surface area contributed by atoms with Crippen molar-refractivity contribution in [1.82, 2.24) is 9.78 Å². The molecular weight excluding hydrogens is 342 g/mol. The number of nitrogens with zero attached hydrogens (tertiary/aromatic N) is 2. The van der Waals surface area contributed by atoms with E-state index in [-0.39, 0.29) is 5.91 Å². The summed E-state index contributed by atoms with van der Waals surface area (Å²) in [4.78, 5) is 12.5. The summed E-state index contributed by atoms with van der Waals surface area (Å²) < 4.78 is 12.8. The number of anilines is 1. The lowest BCUT2D eigenvalue weighted by molar-refractivity contribution is -0.122. The molecule has 0 bridgehead atoms. The van der Waals surface area contributed by atoms with Crippen molar-refractivity contribution in [3.63, 3.8) is 0 Å². The number of benzene rings is 2. The Hall–Kier alpha value is -3.28. The molecule has 1 aromatic heterocycles. The molecule has 6 heteroatoms. The zero-order valence-corrected chi connectivity index (χ0v) is 15.7. The standard InChI is InChI=1S/C21H23N3O3/c1-15-8-10-17(11-9-15)14-24-20(12-13-22-24)23-21(25)16(2)27-19-7-5-4-6-18(19)26-3/h4-13,16H,14H2,1-3H3,(H,23,25)/t16-/m1/s1. The van der Waals surface area contributed by atoms with E-state index in [4.69, 9.17) is 9.47 Å². The van der Waals surface area contributed by atoms with Crippen molar-refractivity contribution in [2.75, 3.05) is 12.4 Å². The number of hydrogen-bond acceptors (Lipinski definition) is 4. The van der Waals surface area contributed by atoms with Crippen molar-refractivity contribution in [2.24, 2.45) is 0 Å². The summed E-state index contributed by atoms with van der Waals surface area (Å²) in [5.41, 5.74) is 2.31. The predicted molar refractivity (Wildman–Crippen MR) is 104 cm³/mol. The third kappa shape index (κ3) is 4.67. The lowest BCUT2D eigenvalue weighted by Gasteiger charge is -2.17. The quantitative estimate of drug-likeness (QED) is 0.694. The van der Waals surface area contributed by atoms with Crippen molar-refractivity contribution in [2.45, 2.75) is 26.5 Å². The van der Waals surface area contributed by atoms with E-state index in [1.54, 1.807) is 43.1 Å². The lowest BCUT2D eigenvalue weighted by Crippen LogP contribution is -2.31. The summed E-state index contributed by atoms with van der Waals surface area (Å²) in [5, 5.41) is 7.17. The van der Waals surface area contributed by atoms with Gasteiger partial charge in [0.2, 0.25) is 0 Å². The van der Waals surface area contributed by atoms with Gasteiger partial charge in [0, 0.05) is 6.07 Å². The molecule has 27 heavy (non-hydrogen) atoms. The first-order valence-electron chi connectivity index (χ1n) is 8.74. The van der Waals surface area contributed by atoms with Crippen molar-refractivity contribution in [3.05, 3.63) is 71.9 Å². The summed E-state index contributed by atoms with van der Waals surface area (Å²) >= 11 is 0. The minimum atomic E-state index is -0.691. The Morgan fingerprint density at radius 2 is 1.81 bits per heavy atom. The van der Waals surface area contributed by atoms with Crippen LogP contribution < -0.4 is 14.8 Å². The van der Waals surface area contributed by atoms with Gasteiger partial charge in [-0.1, -0.05) is 42.0 Å². The molecule has 0 fully saturated rings. The van der Waals surface area contributed by atoms with Crippen molar-refractivity contribution in [3.8, 4) is 11.5 Å². The molecular formula is C21H23N3O3. The normalized spacial score (nSPS) is 11.7. The molecule has 1 atom stereocenters. The van der Waals surface area contributed by atoms with Gasteiger partial charge in [-0.15, -0.1) is 0 Å². The fourth-order valence-corrected chi connectivity index (χ4v) is 2.62. The minimum absolute atomic E-state index is 0.258. The second-order valence-corrected chi connectivity index (χ2v) is 6.26. The molecule has 0 radical (unpaired) electrons. The van der Waals surface area contributed by atoms with Gasteiger partial charge < -0.3 is 14.8 Å². The van der Waals surface area contributed by atoms with Crippen LogP contribution in [-0.4, -0.2) is 28.9 Å². The van der Waals surface area contributed by atoms with Gasteiger partial charge in [-0.3, -0.25) is 4.79 Å². The van der Waals surface area contributed by atoms with Gasteiger partial charge >= 0.3 is 0 Å². The number of rotatable bonds is 7. The van der Waals surface area contributed by atoms with E-state index in [1.165, 1.54) is 5.56 Å². The number of carbonyl (C=O) groups excluding carboxylic acids is 1. The second-order valence-electron chi connectivity index (χ2n) is 6.26. The van der Waals surface area contributed by atoms with Crippen LogP contribution in [0.3, 0.4) is 0 Å². The van der Waals surface area contributed by atoms with E-state index in [9.17, 15) is 4.79 Å². The number of methoxy groups -OCH3 is 1. The fraction of sp³-hybridized carbons (Fsp3) is 0.238. The molecule has 0 aliphatic rings. The predicted octanol–water partition coefficient (Wildman–Crippen LogP) is 3.65. The van der Waals surface area contributed by atoms with E-state index in [0.29, 0.717) is 23.9 Å². The van der Waals surface area contributed by atoms with Crippen LogP contribution in [0.2, 0.25) is 0 Å². The highest BCUT2D eigenvalue weighted by atomic mass is 16.5. The Morgan fingerprint density at radius 1 is 1.11 bits per heavy atom. The first-order valence-corrected chi connectivity index (χ1v) is 8.74. The number of ether oxygens (including phenoxy) is 2. The van der Waals surface area contributed by atoms with Crippen molar-refractivity contribution in [1.29, 1.82) is 0 Å². The maximum absolute atomic E-state index is 12.5. The van der Waals surface area contributed by atoms with Gasteiger partial charge in [0.1, 0.15) is 5.82 Å². The van der Waals surface area contributed by atoms with Gasteiger partial charge in [-0.05, 0) is 31.5 Å². The van der Waals surface area contributed by atoms with Gasteiger partial charge in [0.25, 0.3) is 5.91 Å². The van der Waals surface area contributed by atoms with Gasteiger partial charge in [0.05, 0.1) is 19.9 Å². The highest BCUT2D eigenvalue weighted by Crippen LogP contribution is 2.27. The number of aromatic nitrogens is 2. The van der Waals surface area contributed by atoms with Crippen LogP contribution in [0, 0.1) is 6.92 Å². The van der Waals surface area contributed by atoms with Crippen LogP contribution in [0.1, 0.15) is 18.1 Å². The Morgan fingerprint density at radius 3 is 2.52 bits per heavy atom. The third-order valence-corrected chi connectivity index (χ3v) is 4.16. The molecule has 140 valence electrons. The van der Waals surface area contributed by atoms with Crippen molar-refractivity contribution >= 4 is 11.7 Å². The average molecular weight is 365 g/mol. The molecule has 0 saturated carbocycles. The maximum Gasteiger partial charge on any atom is 0.266 e. The van der Waals surface area contributed by atoms with Crippen LogP contribution in [-0.2, 0) is 11.3 Å². The highest BCUT2D eigenvalue weighted by molar-refractivity contribution is 5.93. The van der Waals surface area contributed by atoms with Crippen LogP contribution >= 0.6 is 0 Å². The van der Waals surface area contributed by atoms with Crippen LogP contribution in [0.25, 0.3) is 0 Å². The zero-order valence-electron chi connectivity index (χ0n) is 15.7. The van der Waals surface area contributed by atoms with Gasteiger partial charge in [0.15, 0.2) is 17.6 Å². The minimum Gasteiger partial charge on any atom is -0.493 e. The monoisotopic (exact) mass is 365 g/mol. The fourth-order valence-electron chi connectivity index (χ4n) is 2.62. The van der Waals surface area contributed by atoms with E-state index >= 15 is 0 Å². The first-order chi connectivity index (χ1) is 13.1. The number of amides is 1. The summed E-state index contributed by atoms with van der Waals surface area (Å²) in [6, 6.07) is 17.2. The maximum atomic E-state index is 12.5. The molecule has 0 saturated heterocycles. The van der Waals surface area contributed by atoms with Gasteiger partial charge in [-0.2, -0.15) is 5.10 Å². The average Bonchev–Trinajstić information content (AvgIpc) is 3.10. The van der Waals surface area contributed by atoms with Crippen LogP contribution in [0.15, 0.2) is 60.8 Å². The Kier molecular flexibility index (Phi) is 5.76. The lowest BCUT2D eigenvalue weighted by atomic mass is 10.1. The molecule has 2 aromatic carbocycles. The zero-order chi connectivity index (χ0) is 19.2. The second kappa shape index (κ2) is 8.40. The molecule has 0 aliphatic heterocycles. The van der Waals surface area contributed by atoms with Crippen LogP contribution in [0.4, 0.5) is 5.82 Å². The topological polar surface area (TPSA) is 65.4 Å². The Labute approximate surface area is 158 Å². The van der Waals surface area contributed by atoms with Crippen molar-refractivity contribution < 1.29 is 14.3 Å². The molecule has 1 amide bonds. The third-order valence-electron chi connectivity index (χ3n) is 4.16. The van der Waals surface area contributed by atoms with E-state index in [0.717, 1.165) is 5.56 Å². The number of carbonyl (C=O) groups is 1. The highest BCUT2D eigenvalue weighted by Gasteiger charge is 2.18. The van der Waals surface area contributed by atoms with Crippen LogP contribution in [0.5, 0.6) is 11.5 Å². The molecule has 3 aromatic rings. The first kappa shape index (κ1) is 18.5. The van der Waals surface area contributed by atoms with E-state index in [2.05, 4.69) is 34.7 Å². The summed E-state index contributed by atoms with van der Waals surface area (Å²) in [6.07, 6.45) is 0.972. The largest absolute Gasteiger partial charge is 0.493 e. The van der Waals surface area contributed by atoms with E-state index < -0.39 is 6.10 Å². The number of para-hydroxylation sites is 2. The summed E-state index contributed by atoms with van der Waals surface area (Å²) in [7, 11) is 1.57. The molecule has 1 heterocycles. The molecule has 0 unspecified atom stereocenters. The summed E-state index contributed by atoms with van der Waals surface area (Å²) in [6.45, 7) is 4.32. The summed E-state index contributed by atoms with van der Waals surface area (Å²) in [5.74, 6) is 1.47. The SMILES string of the molecule is COc1ccccc1O[C@H](C)C(=O)Nc1ccnn1Cc1ccc(C)cc1. The van der Waals surface area contributed by atoms with E-state index in [1.807, 2.05) is 19.1 Å². The number of aryl methyl sites for hydroxylation is 1. The Balaban J connectivity index is 1.65. The number of nitrogens with one attached hydrogen (secondary N) is 1. The smallest absolute Gasteiger partial charge is 0.266 e. The Bertz CT molecular complexity index is 903. The molecule has 6 nitrogen and oxygen atoms in total. The van der Waals surface area contributed by atoms with Gasteiger partial charge in [-0.25, -0.2) is 4.68 Å². The molecule has 0 spiro atoms. The molecule has 0 aliphatic carbocycles. The molecule has 1 N–H and O–H groups in total. The molecule has 3 rings (SSSR count). The number of hydrogen-bond donors (Lipinski definition) is 1.